The van der Waals surface area contributed by atoms with Crippen molar-refractivity contribution >= 4 is 5.91 Å². The summed E-state index contributed by atoms with van der Waals surface area (Å²) in [7, 11) is 0. The van der Waals surface area contributed by atoms with Crippen molar-refractivity contribution in [2.45, 2.75) is 128 Å². The number of aliphatic hydroxyl groups excluding tert-OH is 4. The smallest absolute Gasteiger partial charge is 0.249 e. The molecule has 0 heterocycles. The average molecular weight is 430 g/mol. The summed E-state index contributed by atoms with van der Waals surface area (Å²) in [6.07, 6.45) is 14.2. The maximum Gasteiger partial charge on any atom is 0.249 e. The molecule has 0 aliphatic carbocycles. The van der Waals surface area contributed by atoms with E-state index in [4.69, 9.17) is 0 Å². The minimum absolute atomic E-state index is 0.363. The van der Waals surface area contributed by atoms with E-state index in [2.05, 4.69) is 31.3 Å². The van der Waals surface area contributed by atoms with Gasteiger partial charge in [0.1, 0.15) is 12.2 Å². The van der Waals surface area contributed by atoms with E-state index in [1.54, 1.807) is 0 Å². The minimum Gasteiger partial charge on any atom is -0.394 e. The molecule has 0 aromatic rings. The fourth-order valence-corrected chi connectivity index (χ4v) is 3.41. The molecule has 4 unspecified atom stereocenters. The van der Waals surface area contributed by atoms with Gasteiger partial charge in [-0.1, -0.05) is 83.8 Å². The highest BCUT2D eigenvalue weighted by Crippen LogP contribution is 2.12. The number of rotatable bonds is 20. The lowest BCUT2D eigenvalue weighted by molar-refractivity contribution is -0.132. The van der Waals surface area contributed by atoms with Gasteiger partial charge >= 0.3 is 0 Å². The first-order valence-electron chi connectivity index (χ1n) is 12.1. The number of unbranched alkanes of at least 4 members (excludes halogenated alkanes) is 9. The highest BCUT2D eigenvalue weighted by Gasteiger charge is 2.28. The van der Waals surface area contributed by atoms with Gasteiger partial charge in [-0.2, -0.15) is 0 Å². The summed E-state index contributed by atoms with van der Waals surface area (Å²) in [5, 5.41) is 42.4. The molecule has 0 aliphatic rings. The third-order valence-electron chi connectivity index (χ3n) is 5.46. The molecule has 5 N–H and O–H groups in total. The Bertz CT molecular complexity index is 430. The Morgan fingerprint density at radius 3 is 2.00 bits per heavy atom. The normalized spacial score (nSPS) is 15.8. The number of allylic oxidation sites excluding steroid dienone is 2. The molecule has 6 nitrogen and oxygen atoms in total. The molecule has 0 spiro atoms. The van der Waals surface area contributed by atoms with Crippen LogP contribution in [0.15, 0.2) is 12.2 Å². The first kappa shape index (κ1) is 29.1. The maximum atomic E-state index is 12.2. The van der Waals surface area contributed by atoms with E-state index < -0.39 is 36.9 Å². The van der Waals surface area contributed by atoms with Gasteiger partial charge in [0.15, 0.2) is 0 Å². The van der Waals surface area contributed by atoms with Crippen molar-refractivity contribution in [1.29, 1.82) is 0 Å². The van der Waals surface area contributed by atoms with Gasteiger partial charge < -0.3 is 25.7 Å². The van der Waals surface area contributed by atoms with Crippen LogP contribution in [0.3, 0.4) is 0 Å². The fourth-order valence-electron chi connectivity index (χ4n) is 3.41. The summed E-state index contributed by atoms with van der Waals surface area (Å²) in [6, 6.07) is -0.989. The Labute approximate surface area is 183 Å². The molecule has 0 rings (SSSR count). The Morgan fingerprint density at radius 1 is 0.800 bits per heavy atom. The van der Waals surface area contributed by atoms with Crippen LogP contribution in [0.4, 0.5) is 0 Å². The highest BCUT2D eigenvalue weighted by molar-refractivity contribution is 5.80. The number of amides is 1. The van der Waals surface area contributed by atoms with Crippen molar-refractivity contribution < 1.29 is 25.2 Å². The van der Waals surface area contributed by atoms with Crippen LogP contribution in [0.1, 0.15) is 104 Å². The lowest BCUT2D eigenvalue weighted by Crippen LogP contribution is -2.53. The molecule has 4 atom stereocenters. The molecule has 178 valence electrons. The molecule has 0 saturated heterocycles. The highest BCUT2D eigenvalue weighted by atomic mass is 16.3. The first-order chi connectivity index (χ1) is 14.5. The fraction of sp³-hybridized carbons (Fsp3) is 0.875. The number of hydrogen-bond donors (Lipinski definition) is 5. The Hall–Kier alpha value is -0.950. The SMILES string of the molecule is CCC/C=C/CCCC(O)C(O)C(CO)NC(=O)C(O)CCCCCCCCCC. The second-order valence-corrected chi connectivity index (χ2v) is 8.33. The van der Waals surface area contributed by atoms with Gasteiger partial charge in [-0.3, -0.25) is 4.79 Å². The van der Waals surface area contributed by atoms with Crippen molar-refractivity contribution in [3.8, 4) is 0 Å². The van der Waals surface area contributed by atoms with Crippen molar-refractivity contribution in [3.05, 3.63) is 12.2 Å². The molecule has 0 saturated carbocycles. The lowest BCUT2D eigenvalue weighted by atomic mass is 10.00. The second kappa shape index (κ2) is 20.0. The second-order valence-electron chi connectivity index (χ2n) is 8.33. The van der Waals surface area contributed by atoms with Crippen LogP contribution in [0.5, 0.6) is 0 Å². The van der Waals surface area contributed by atoms with Crippen LogP contribution in [-0.2, 0) is 4.79 Å². The quantitative estimate of drug-likeness (QED) is 0.150. The predicted octanol–water partition coefficient (Wildman–Crippen LogP) is 3.60. The van der Waals surface area contributed by atoms with Crippen LogP contribution in [0, 0.1) is 0 Å². The number of carbonyl (C=O) groups excluding carboxylic acids is 1. The Kier molecular flexibility index (Phi) is 19.3. The topological polar surface area (TPSA) is 110 Å². The van der Waals surface area contributed by atoms with E-state index in [-0.39, 0.29) is 0 Å². The number of aliphatic hydroxyl groups is 4. The van der Waals surface area contributed by atoms with Crippen molar-refractivity contribution in [1.82, 2.24) is 5.32 Å². The van der Waals surface area contributed by atoms with E-state index in [9.17, 15) is 25.2 Å². The molecule has 0 fully saturated rings. The molecule has 0 aromatic carbocycles. The maximum absolute atomic E-state index is 12.2. The van der Waals surface area contributed by atoms with Gasteiger partial charge in [0.2, 0.25) is 5.91 Å². The van der Waals surface area contributed by atoms with Crippen LogP contribution >= 0.6 is 0 Å². The molecule has 6 heteroatoms. The average Bonchev–Trinajstić information content (AvgIpc) is 2.75. The number of carbonyl (C=O) groups is 1. The summed E-state index contributed by atoms with van der Waals surface area (Å²) in [5.41, 5.74) is 0. The van der Waals surface area contributed by atoms with Crippen LogP contribution in [0.25, 0.3) is 0 Å². The Morgan fingerprint density at radius 2 is 1.40 bits per heavy atom. The zero-order valence-corrected chi connectivity index (χ0v) is 19.3. The molecule has 1 amide bonds. The van der Waals surface area contributed by atoms with Gasteiger partial charge in [0, 0.05) is 0 Å². The van der Waals surface area contributed by atoms with Gasteiger partial charge in [-0.15, -0.1) is 0 Å². The van der Waals surface area contributed by atoms with Crippen molar-refractivity contribution in [2.24, 2.45) is 0 Å². The van der Waals surface area contributed by atoms with Crippen LogP contribution < -0.4 is 5.32 Å². The minimum atomic E-state index is -1.27. The van der Waals surface area contributed by atoms with E-state index >= 15 is 0 Å². The zero-order chi connectivity index (χ0) is 22.6. The molecule has 0 aromatic heterocycles. The summed E-state index contributed by atoms with van der Waals surface area (Å²) >= 11 is 0. The molecule has 0 bridgehead atoms. The molecular formula is C24H47NO5. The predicted molar refractivity (Wildman–Crippen MR) is 122 cm³/mol. The third-order valence-corrected chi connectivity index (χ3v) is 5.46. The Balaban J connectivity index is 4.09. The van der Waals surface area contributed by atoms with E-state index in [1.165, 1.54) is 32.1 Å². The van der Waals surface area contributed by atoms with E-state index in [1.807, 2.05) is 0 Å². The largest absolute Gasteiger partial charge is 0.394 e. The van der Waals surface area contributed by atoms with E-state index in [0.29, 0.717) is 19.3 Å². The van der Waals surface area contributed by atoms with Gasteiger partial charge in [-0.25, -0.2) is 0 Å². The number of hydrogen-bond acceptors (Lipinski definition) is 5. The number of nitrogens with one attached hydrogen (secondary N) is 1. The molecule has 0 aliphatic heterocycles. The van der Waals surface area contributed by atoms with Gasteiger partial charge in [-0.05, 0) is 32.1 Å². The lowest BCUT2D eigenvalue weighted by Gasteiger charge is -2.27. The van der Waals surface area contributed by atoms with Crippen molar-refractivity contribution in [3.63, 3.8) is 0 Å². The first-order valence-corrected chi connectivity index (χ1v) is 12.1. The summed E-state index contributed by atoms with van der Waals surface area (Å²) < 4.78 is 0. The van der Waals surface area contributed by atoms with Crippen molar-refractivity contribution in [2.75, 3.05) is 6.61 Å². The molecule has 0 radical (unpaired) electrons. The monoisotopic (exact) mass is 429 g/mol. The van der Waals surface area contributed by atoms with Crippen LogP contribution in [0.2, 0.25) is 0 Å². The summed E-state index contributed by atoms with van der Waals surface area (Å²) in [6.45, 7) is 3.81. The van der Waals surface area contributed by atoms with E-state index in [0.717, 1.165) is 38.5 Å². The summed E-state index contributed by atoms with van der Waals surface area (Å²) in [5.74, 6) is -0.606. The zero-order valence-electron chi connectivity index (χ0n) is 19.3. The van der Waals surface area contributed by atoms with Gasteiger partial charge in [0.25, 0.3) is 0 Å². The van der Waals surface area contributed by atoms with Gasteiger partial charge in [0.05, 0.1) is 18.8 Å². The molecule has 30 heavy (non-hydrogen) atoms. The van der Waals surface area contributed by atoms with Crippen LogP contribution in [-0.4, -0.2) is 57.3 Å². The third kappa shape index (κ3) is 14.9. The standard InChI is InChI=1S/C24H47NO5/c1-3-5-7-9-11-12-14-16-18-22(28)24(30)25-20(19-26)23(29)21(27)17-15-13-10-8-6-4-2/h8,10,20-23,26-29H,3-7,9,11-19H2,1-2H3,(H,25,30)/b10-8+. The molecular weight excluding hydrogens is 382 g/mol. The summed E-state index contributed by atoms with van der Waals surface area (Å²) in [4.78, 5) is 12.2.